The molecule has 7 heteroatoms. The number of anilines is 1. The number of amides is 2. The number of H-pyrrole nitrogens is 1. The summed E-state index contributed by atoms with van der Waals surface area (Å²) in [5.41, 5.74) is 2.95. The minimum absolute atomic E-state index is 0.0505. The highest BCUT2D eigenvalue weighted by Crippen LogP contribution is 2.32. The van der Waals surface area contributed by atoms with Crippen LogP contribution in [0.5, 0.6) is 0 Å². The molecule has 4 rings (SSSR count). The van der Waals surface area contributed by atoms with Crippen molar-refractivity contribution in [3.63, 3.8) is 0 Å². The summed E-state index contributed by atoms with van der Waals surface area (Å²) in [6.45, 7) is 1.10. The van der Waals surface area contributed by atoms with E-state index in [-0.39, 0.29) is 30.9 Å². The van der Waals surface area contributed by atoms with Gasteiger partial charge >= 0.3 is 0 Å². The molecular weight excluding hydrogens is 444 g/mol. The largest absolute Gasteiger partial charge is 0.357 e. The standard InChI is InChI=1S/C23H25BrN4O2/c24-17-8-2-4-10-19(17)27-22(29)14-25-23(30)15-28-12-6-5-11-21(28)20-13-16-7-1-3-9-18(16)26-20/h1-4,7-10,13,21,26H,5-6,11-12,14-15H2,(H,25,30)(H,27,29). The summed E-state index contributed by atoms with van der Waals surface area (Å²) < 4.78 is 0.805. The van der Waals surface area contributed by atoms with E-state index < -0.39 is 0 Å². The Labute approximate surface area is 184 Å². The van der Waals surface area contributed by atoms with Crippen LogP contribution in [0.15, 0.2) is 59.1 Å². The number of carbonyl (C=O) groups is 2. The second-order valence-corrected chi connectivity index (χ2v) is 8.45. The number of rotatable bonds is 6. The fourth-order valence-corrected chi connectivity index (χ4v) is 4.37. The number of para-hydroxylation sites is 2. The van der Waals surface area contributed by atoms with Gasteiger partial charge in [-0.05, 0) is 65.0 Å². The first kappa shape index (κ1) is 20.6. The van der Waals surface area contributed by atoms with Crippen molar-refractivity contribution in [1.29, 1.82) is 0 Å². The van der Waals surface area contributed by atoms with Crippen molar-refractivity contribution in [3.8, 4) is 0 Å². The molecule has 1 aromatic heterocycles. The molecule has 1 saturated heterocycles. The molecule has 6 nitrogen and oxygen atoms in total. The Bertz CT molecular complexity index is 1020. The monoisotopic (exact) mass is 468 g/mol. The molecule has 3 N–H and O–H groups in total. The first-order valence-electron chi connectivity index (χ1n) is 10.2. The fourth-order valence-electron chi connectivity index (χ4n) is 3.98. The molecule has 2 aromatic carbocycles. The van der Waals surface area contributed by atoms with Gasteiger partial charge in [-0.3, -0.25) is 14.5 Å². The van der Waals surface area contributed by atoms with Gasteiger partial charge in [-0.15, -0.1) is 0 Å². The van der Waals surface area contributed by atoms with E-state index in [2.05, 4.69) is 54.6 Å². The second kappa shape index (κ2) is 9.45. The average molecular weight is 469 g/mol. The summed E-state index contributed by atoms with van der Waals surface area (Å²) in [7, 11) is 0. The van der Waals surface area contributed by atoms with Gasteiger partial charge in [0, 0.05) is 15.7 Å². The number of carbonyl (C=O) groups excluding carboxylic acids is 2. The molecular formula is C23H25BrN4O2. The number of fused-ring (bicyclic) bond motifs is 1. The third-order valence-electron chi connectivity index (χ3n) is 5.46. The van der Waals surface area contributed by atoms with Crippen molar-refractivity contribution in [2.24, 2.45) is 0 Å². The summed E-state index contributed by atoms with van der Waals surface area (Å²) in [5.74, 6) is -0.388. The smallest absolute Gasteiger partial charge is 0.243 e. The molecule has 0 bridgehead atoms. The number of hydrogen-bond acceptors (Lipinski definition) is 3. The van der Waals surface area contributed by atoms with Crippen LogP contribution in [0.2, 0.25) is 0 Å². The second-order valence-electron chi connectivity index (χ2n) is 7.60. The van der Waals surface area contributed by atoms with Crippen LogP contribution in [0.3, 0.4) is 0 Å². The van der Waals surface area contributed by atoms with E-state index in [0.717, 1.165) is 41.5 Å². The van der Waals surface area contributed by atoms with E-state index in [0.29, 0.717) is 5.69 Å². The number of hydrogen-bond donors (Lipinski definition) is 3. The van der Waals surface area contributed by atoms with E-state index >= 15 is 0 Å². The van der Waals surface area contributed by atoms with Crippen LogP contribution >= 0.6 is 15.9 Å². The summed E-state index contributed by atoms with van der Waals surface area (Å²) >= 11 is 3.40. The van der Waals surface area contributed by atoms with Gasteiger partial charge in [0.05, 0.1) is 24.8 Å². The van der Waals surface area contributed by atoms with E-state index in [4.69, 9.17) is 0 Å². The van der Waals surface area contributed by atoms with Gasteiger partial charge in [-0.25, -0.2) is 0 Å². The molecule has 156 valence electrons. The quantitative estimate of drug-likeness (QED) is 0.506. The zero-order valence-corrected chi connectivity index (χ0v) is 18.2. The highest BCUT2D eigenvalue weighted by molar-refractivity contribution is 9.10. The predicted molar refractivity (Wildman–Crippen MR) is 122 cm³/mol. The highest BCUT2D eigenvalue weighted by atomic mass is 79.9. The van der Waals surface area contributed by atoms with Crippen LogP contribution in [0.4, 0.5) is 5.69 Å². The number of benzene rings is 2. The van der Waals surface area contributed by atoms with Gasteiger partial charge in [0.2, 0.25) is 11.8 Å². The van der Waals surface area contributed by atoms with E-state index in [1.165, 1.54) is 5.39 Å². The zero-order chi connectivity index (χ0) is 20.9. The number of nitrogens with one attached hydrogen (secondary N) is 3. The number of aromatic amines is 1. The van der Waals surface area contributed by atoms with E-state index in [1.54, 1.807) is 0 Å². The Hall–Kier alpha value is -2.64. The molecule has 1 unspecified atom stereocenters. The zero-order valence-electron chi connectivity index (χ0n) is 16.7. The van der Waals surface area contributed by atoms with Gasteiger partial charge < -0.3 is 15.6 Å². The molecule has 30 heavy (non-hydrogen) atoms. The summed E-state index contributed by atoms with van der Waals surface area (Å²) in [5, 5.41) is 6.74. The molecule has 0 saturated carbocycles. The minimum Gasteiger partial charge on any atom is -0.357 e. The van der Waals surface area contributed by atoms with Gasteiger partial charge in [0.1, 0.15) is 0 Å². The lowest BCUT2D eigenvalue weighted by Gasteiger charge is -2.34. The Kier molecular flexibility index (Phi) is 6.50. The van der Waals surface area contributed by atoms with Crippen molar-refractivity contribution in [1.82, 2.24) is 15.2 Å². The van der Waals surface area contributed by atoms with Crippen molar-refractivity contribution in [2.75, 3.05) is 25.0 Å². The van der Waals surface area contributed by atoms with Gasteiger partial charge in [-0.1, -0.05) is 36.8 Å². The van der Waals surface area contributed by atoms with E-state index in [1.807, 2.05) is 36.4 Å². The molecule has 0 spiro atoms. The number of nitrogens with zero attached hydrogens (tertiary/aromatic N) is 1. The lowest BCUT2D eigenvalue weighted by atomic mass is 9.99. The Morgan fingerprint density at radius 3 is 2.70 bits per heavy atom. The molecule has 2 heterocycles. The minimum atomic E-state index is -0.249. The molecule has 1 aliphatic heterocycles. The Morgan fingerprint density at radius 2 is 1.87 bits per heavy atom. The van der Waals surface area contributed by atoms with E-state index in [9.17, 15) is 9.59 Å². The maximum atomic E-state index is 12.5. The van der Waals surface area contributed by atoms with Crippen LogP contribution in [-0.2, 0) is 9.59 Å². The van der Waals surface area contributed by atoms with Crippen LogP contribution in [0.1, 0.15) is 31.0 Å². The molecule has 0 radical (unpaired) electrons. The van der Waals surface area contributed by atoms with Crippen LogP contribution in [0, 0.1) is 0 Å². The maximum absolute atomic E-state index is 12.5. The van der Waals surface area contributed by atoms with Crippen molar-refractivity contribution in [2.45, 2.75) is 25.3 Å². The summed E-state index contributed by atoms with van der Waals surface area (Å²) in [4.78, 5) is 30.4. The topological polar surface area (TPSA) is 77.2 Å². The molecule has 2 amide bonds. The Balaban J connectivity index is 1.34. The van der Waals surface area contributed by atoms with Gasteiger partial charge in [-0.2, -0.15) is 0 Å². The average Bonchev–Trinajstić information content (AvgIpc) is 3.18. The van der Waals surface area contributed by atoms with Crippen molar-refractivity contribution >= 4 is 44.3 Å². The third kappa shape index (κ3) is 4.91. The number of piperidine rings is 1. The first-order chi connectivity index (χ1) is 14.6. The van der Waals surface area contributed by atoms with Crippen LogP contribution in [-0.4, -0.2) is 41.3 Å². The molecule has 1 atom stereocenters. The predicted octanol–water partition coefficient (Wildman–Crippen LogP) is 4.21. The van der Waals surface area contributed by atoms with Gasteiger partial charge in [0.25, 0.3) is 0 Å². The molecule has 0 aliphatic carbocycles. The SMILES string of the molecule is O=C(CN1CCCCC1c1cc2ccccc2[nH]1)NCC(=O)Nc1ccccc1Br. The number of aromatic nitrogens is 1. The molecule has 3 aromatic rings. The van der Waals surface area contributed by atoms with Crippen molar-refractivity contribution in [3.05, 3.63) is 64.8 Å². The molecule has 1 fully saturated rings. The fraction of sp³-hybridized carbons (Fsp3) is 0.304. The Morgan fingerprint density at radius 1 is 1.07 bits per heavy atom. The normalized spacial score (nSPS) is 17.0. The number of halogens is 1. The summed E-state index contributed by atoms with van der Waals surface area (Å²) in [6, 6.07) is 18.0. The first-order valence-corrected chi connectivity index (χ1v) is 11.0. The molecule has 1 aliphatic rings. The number of likely N-dealkylation sites (tertiary alicyclic amines) is 1. The van der Waals surface area contributed by atoms with Crippen LogP contribution < -0.4 is 10.6 Å². The lowest BCUT2D eigenvalue weighted by Crippen LogP contribution is -2.43. The third-order valence-corrected chi connectivity index (χ3v) is 6.16. The maximum Gasteiger partial charge on any atom is 0.243 e. The highest BCUT2D eigenvalue weighted by Gasteiger charge is 2.27. The van der Waals surface area contributed by atoms with Crippen molar-refractivity contribution < 1.29 is 9.59 Å². The van der Waals surface area contributed by atoms with Gasteiger partial charge in [0.15, 0.2) is 0 Å². The lowest BCUT2D eigenvalue weighted by molar-refractivity contribution is -0.125. The summed E-state index contributed by atoms with van der Waals surface area (Å²) in [6.07, 6.45) is 3.24. The van der Waals surface area contributed by atoms with Crippen LogP contribution in [0.25, 0.3) is 10.9 Å².